The lowest BCUT2D eigenvalue weighted by atomic mass is 9.85. The minimum Gasteiger partial charge on any atom is -0.391 e. The number of aromatic nitrogens is 2. The maximum Gasteiger partial charge on any atom is 0.266 e. The Bertz CT molecular complexity index is 383. The van der Waals surface area contributed by atoms with Crippen LogP contribution in [0.3, 0.4) is 0 Å². The second-order valence-electron chi connectivity index (χ2n) is 4.51. The van der Waals surface area contributed by atoms with Crippen LogP contribution in [-0.2, 0) is 6.54 Å². The van der Waals surface area contributed by atoms with E-state index in [0.29, 0.717) is 12.5 Å². The normalized spacial score (nSPS) is 19.6. The zero-order chi connectivity index (χ0) is 11.4. The summed E-state index contributed by atoms with van der Waals surface area (Å²) in [6, 6.07) is 3.09. The molecule has 4 nitrogen and oxygen atoms in total. The van der Waals surface area contributed by atoms with Gasteiger partial charge in [0.25, 0.3) is 5.56 Å². The van der Waals surface area contributed by atoms with Crippen LogP contribution in [0.4, 0.5) is 0 Å². The molecule has 1 fully saturated rings. The highest BCUT2D eigenvalue weighted by molar-refractivity contribution is 4.85. The predicted octanol–water partition coefficient (Wildman–Crippen LogP) is 1.18. The van der Waals surface area contributed by atoms with E-state index in [2.05, 4.69) is 5.10 Å². The van der Waals surface area contributed by atoms with E-state index < -0.39 is 6.10 Å². The van der Waals surface area contributed by atoms with Gasteiger partial charge in [0.15, 0.2) is 0 Å². The first-order valence-electron chi connectivity index (χ1n) is 5.97. The molecule has 0 radical (unpaired) electrons. The minimum absolute atomic E-state index is 0.141. The molecule has 0 bridgehead atoms. The Labute approximate surface area is 94.9 Å². The van der Waals surface area contributed by atoms with Crippen molar-refractivity contribution in [3.8, 4) is 0 Å². The fourth-order valence-electron chi connectivity index (χ4n) is 2.37. The van der Waals surface area contributed by atoms with Gasteiger partial charge in [-0.15, -0.1) is 0 Å². The van der Waals surface area contributed by atoms with Crippen molar-refractivity contribution < 1.29 is 5.11 Å². The maximum absolute atomic E-state index is 11.4. The van der Waals surface area contributed by atoms with Crippen molar-refractivity contribution in [3.05, 3.63) is 28.7 Å². The van der Waals surface area contributed by atoms with Crippen LogP contribution in [0.2, 0.25) is 0 Å². The molecule has 1 aromatic heterocycles. The van der Waals surface area contributed by atoms with Crippen molar-refractivity contribution in [2.75, 3.05) is 0 Å². The van der Waals surface area contributed by atoms with Crippen LogP contribution in [0.25, 0.3) is 0 Å². The summed E-state index contributed by atoms with van der Waals surface area (Å²) in [7, 11) is 0. The van der Waals surface area contributed by atoms with E-state index >= 15 is 0 Å². The highest BCUT2D eigenvalue weighted by Gasteiger charge is 2.22. The highest BCUT2D eigenvalue weighted by Crippen LogP contribution is 2.26. The third kappa shape index (κ3) is 2.70. The SMILES string of the molecule is O=c1cccnn1CC(O)C1CCCCC1. The Balaban J connectivity index is 1.98. The van der Waals surface area contributed by atoms with Crippen LogP contribution in [0.1, 0.15) is 32.1 Å². The zero-order valence-corrected chi connectivity index (χ0v) is 9.38. The summed E-state index contributed by atoms with van der Waals surface area (Å²) in [6.07, 6.45) is 6.94. The van der Waals surface area contributed by atoms with Crippen LogP contribution >= 0.6 is 0 Å². The third-order valence-corrected chi connectivity index (χ3v) is 3.34. The number of aliphatic hydroxyl groups excluding tert-OH is 1. The van der Waals surface area contributed by atoms with E-state index in [1.165, 1.54) is 30.0 Å². The van der Waals surface area contributed by atoms with Gasteiger partial charge in [0.05, 0.1) is 12.6 Å². The fraction of sp³-hybridized carbons (Fsp3) is 0.667. The molecule has 1 aliphatic rings. The van der Waals surface area contributed by atoms with E-state index in [1.54, 1.807) is 12.3 Å². The molecule has 0 aliphatic heterocycles. The zero-order valence-electron chi connectivity index (χ0n) is 9.38. The van der Waals surface area contributed by atoms with Gasteiger partial charge in [-0.05, 0) is 24.8 Å². The van der Waals surface area contributed by atoms with E-state index in [1.807, 2.05) is 0 Å². The summed E-state index contributed by atoms with van der Waals surface area (Å²) < 4.78 is 1.35. The van der Waals surface area contributed by atoms with Crippen molar-refractivity contribution >= 4 is 0 Å². The summed E-state index contributed by atoms with van der Waals surface area (Å²) in [5.74, 6) is 0.336. The molecule has 0 saturated heterocycles. The summed E-state index contributed by atoms with van der Waals surface area (Å²) in [5, 5.41) is 14.0. The highest BCUT2D eigenvalue weighted by atomic mass is 16.3. The van der Waals surface area contributed by atoms with Crippen molar-refractivity contribution in [1.29, 1.82) is 0 Å². The first-order chi connectivity index (χ1) is 7.77. The molecule has 1 unspecified atom stereocenters. The molecular formula is C12H18N2O2. The van der Waals surface area contributed by atoms with Crippen LogP contribution in [0.5, 0.6) is 0 Å². The molecule has 16 heavy (non-hydrogen) atoms. The molecule has 1 heterocycles. The Morgan fingerprint density at radius 1 is 1.44 bits per heavy atom. The second kappa shape index (κ2) is 5.25. The Morgan fingerprint density at radius 2 is 2.19 bits per heavy atom. The summed E-state index contributed by atoms with van der Waals surface area (Å²) >= 11 is 0. The lowest BCUT2D eigenvalue weighted by molar-refractivity contribution is 0.0651. The number of nitrogens with zero attached hydrogens (tertiary/aromatic N) is 2. The molecule has 1 atom stereocenters. The average Bonchev–Trinajstić information content (AvgIpc) is 2.33. The molecule has 0 aromatic carbocycles. The van der Waals surface area contributed by atoms with Gasteiger partial charge in [0, 0.05) is 12.3 Å². The van der Waals surface area contributed by atoms with Crippen LogP contribution in [-0.4, -0.2) is 21.0 Å². The van der Waals surface area contributed by atoms with E-state index in [-0.39, 0.29) is 5.56 Å². The maximum atomic E-state index is 11.4. The van der Waals surface area contributed by atoms with Crippen molar-refractivity contribution in [2.45, 2.75) is 44.8 Å². The molecular weight excluding hydrogens is 204 g/mol. The van der Waals surface area contributed by atoms with Gasteiger partial charge < -0.3 is 5.11 Å². The number of aliphatic hydroxyl groups is 1. The molecule has 1 N–H and O–H groups in total. The molecule has 1 saturated carbocycles. The lowest BCUT2D eigenvalue weighted by Crippen LogP contribution is -2.33. The Morgan fingerprint density at radius 3 is 2.88 bits per heavy atom. The topological polar surface area (TPSA) is 55.1 Å². The number of rotatable bonds is 3. The van der Waals surface area contributed by atoms with Gasteiger partial charge in [0.1, 0.15) is 0 Å². The summed E-state index contributed by atoms with van der Waals surface area (Å²) in [4.78, 5) is 11.4. The third-order valence-electron chi connectivity index (χ3n) is 3.34. The van der Waals surface area contributed by atoms with Crippen molar-refractivity contribution in [1.82, 2.24) is 9.78 Å². The van der Waals surface area contributed by atoms with Gasteiger partial charge in [-0.25, -0.2) is 4.68 Å². The van der Waals surface area contributed by atoms with Gasteiger partial charge in [-0.3, -0.25) is 4.79 Å². The van der Waals surface area contributed by atoms with E-state index in [0.717, 1.165) is 12.8 Å². The Kier molecular flexibility index (Phi) is 3.72. The van der Waals surface area contributed by atoms with Crippen molar-refractivity contribution in [3.63, 3.8) is 0 Å². The fourth-order valence-corrected chi connectivity index (χ4v) is 2.37. The average molecular weight is 222 g/mol. The first kappa shape index (κ1) is 11.3. The number of hydrogen-bond donors (Lipinski definition) is 1. The molecule has 2 rings (SSSR count). The van der Waals surface area contributed by atoms with Gasteiger partial charge in [-0.1, -0.05) is 19.3 Å². The number of hydrogen-bond acceptors (Lipinski definition) is 3. The van der Waals surface area contributed by atoms with Crippen LogP contribution in [0, 0.1) is 5.92 Å². The van der Waals surface area contributed by atoms with Crippen LogP contribution < -0.4 is 5.56 Å². The smallest absolute Gasteiger partial charge is 0.266 e. The van der Waals surface area contributed by atoms with E-state index in [9.17, 15) is 9.90 Å². The van der Waals surface area contributed by atoms with E-state index in [4.69, 9.17) is 0 Å². The van der Waals surface area contributed by atoms with Gasteiger partial charge in [0.2, 0.25) is 0 Å². The van der Waals surface area contributed by atoms with Gasteiger partial charge in [-0.2, -0.15) is 5.10 Å². The molecule has 1 aromatic rings. The minimum atomic E-state index is -0.437. The molecule has 4 heteroatoms. The monoisotopic (exact) mass is 222 g/mol. The Hall–Kier alpha value is -1.16. The quantitative estimate of drug-likeness (QED) is 0.835. The first-order valence-corrected chi connectivity index (χ1v) is 5.97. The largest absolute Gasteiger partial charge is 0.391 e. The van der Waals surface area contributed by atoms with Crippen LogP contribution in [0.15, 0.2) is 23.1 Å². The second-order valence-corrected chi connectivity index (χ2v) is 4.51. The standard InChI is InChI=1S/C12H18N2O2/c15-11(10-5-2-1-3-6-10)9-14-12(16)7-4-8-13-14/h4,7-8,10-11,15H,1-3,5-6,9H2. The molecule has 88 valence electrons. The molecule has 0 amide bonds. The molecule has 0 spiro atoms. The van der Waals surface area contributed by atoms with Gasteiger partial charge >= 0.3 is 0 Å². The molecule has 1 aliphatic carbocycles. The predicted molar refractivity (Wildman–Crippen MR) is 61.1 cm³/mol. The lowest BCUT2D eigenvalue weighted by Gasteiger charge is -2.26. The summed E-state index contributed by atoms with van der Waals surface area (Å²) in [6.45, 7) is 0.324. The summed E-state index contributed by atoms with van der Waals surface area (Å²) in [5.41, 5.74) is -0.141. The van der Waals surface area contributed by atoms with Crippen molar-refractivity contribution in [2.24, 2.45) is 5.92 Å².